The predicted molar refractivity (Wildman–Crippen MR) is 77.7 cm³/mol. The van der Waals surface area contributed by atoms with E-state index < -0.39 is 0 Å². The lowest BCUT2D eigenvalue weighted by molar-refractivity contribution is 1.55. The Morgan fingerprint density at radius 2 is 1.19 bits per heavy atom. The highest BCUT2D eigenvalue weighted by Gasteiger charge is 2.11. The Hall–Kier alpha value is -0.650. The lowest BCUT2D eigenvalue weighted by Crippen LogP contribution is -2.14. The van der Waals surface area contributed by atoms with Crippen molar-refractivity contribution in [1.29, 1.82) is 0 Å². The van der Waals surface area contributed by atoms with Crippen molar-refractivity contribution >= 4 is 34.5 Å². The molecule has 16 heavy (non-hydrogen) atoms. The van der Waals surface area contributed by atoms with Crippen LogP contribution in [0.5, 0.6) is 0 Å². The Labute approximate surface area is 107 Å². The van der Waals surface area contributed by atoms with Gasteiger partial charge in [0.1, 0.15) is 0 Å². The van der Waals surface area contributed by atoms with Crippen molar-refractivity contribution in [3.05, 3.63) is 60.7 Å². The van der Waals surface area contributed by atoms with Gasteiger partial charge in [0.05, 0.1) is 0 Å². The van der Waals surface area contributed by atoms with Gasteiger partial charge >= 0.3 is 0 Å². The van der Waals surface area contributed by atoms with Crippen LogP contribution < -0.4 is 10.6 Å². The summed E-state index contributed by atoms with van der Waals surface area (Å²) in [5, 5.41) is 3.98. The second kappa shape index (κ2) is 6.18. The molecule has 0 aromatic heterocycles. The average Bonchev–Trinajstić information content (AvgIpc) is 2.38. The molecule has 0 radical (unpaired) electrons. The Morgan fingerprint density at radius 1 is 0.750 bits per heavy atom. The first kappa shape index (κ1) is 11.8. The van der Waals surface area contributed by atoms with Crippen LogP contribution in [0.25, 0.3) is 0 Å². The summed E-state index contributed by atoms with van der Waals surface area (Å²) in [4.78, 5) is 0. The van der Waals surface area contributed by atoms with Gasteiger partial charge in [-0.15, -0.1) is 0 Å². The van der Waals surface area contributed by atoms with Crippen molar-refractivity contribution < 1.29 is 0 Å². The third kappa shape index (κ3) is 2.93. The maximum absolute atomic E-state index is 3.56. The van der Waals surface area contributed by atoms with Crippen LogP contribution in [0.4, 0.5) is 0 Å². The number of rotatable bonds is 4. The standard InChI is InChI=1S/C14H14BrP/c15-11-12-16(13-7-3-1-4-8-13)14-9-5-2-6-10-14/h1-10H,11-12H2. The van der Waals surface area contributed by atoms with Crippen molar-refractivity contribution in [2.45, 2.75) is 0 Å². The zero-order chi connectivity index (χ0) is 11.2. The van der Waals surface area contributed by atoms with Gasteiger partial charge in [-0.25, -0.2) is 0 Å². The van der Waals surface area contributed by atoms with Gasteiger partial charge in [0.25, 0.3) is 0 Å². The van der Waals surface area contributed by atoms with Crippen molar-refractivity contribution in [3.63, 3.8) is 0 Å². The molecule has 0 nitrogen and oxygen atoms in total. The normalized spacial score (nSPS) is 10.6. The van der Waals surface area contributed by atoms with Crippen molar-refractivity contribution in [1.82, 2.24) is 0 Å². The number of hydrogen-bond acceptors (Lipinski definition) is 0. The molecule has 0 spiro atoms. The first-order valence-electron chi connectivity index (χ1n) is 5.35. The summed E-state index contributed by atoms with van der Waals surface area (Å²) < 4.78 is 0. The third-order valence-corrected chi connectivity index (χ3v) is 5.97. The van der Waals surface area contributed by atoms with Crippen LogP contribution in [0.3, 0.4) is 0 Å². The molecule has 0 atom stereocenters. The van der Waals surface area contributed by atoms with Crippen LogP contribution in [0.15, 0.2) is 60.7 Å². The molecule has 0 amide bonds. The second-order valence-electron chi connectivity index (χ2n) is 3.51. The van der Waals surface area contributed by atoms with Crippen molar-refractivity contribution in [2.75, 3.05) is 11.5 Å². The van der Waals surface area contributed by atoms with Crippen molar-refractivity contribution in [3.8, 4) is 0 Å². The Morgan fingerprint density at radius 3 is 1.56 bits per heavy atom. The summed E-state index contributed by atoms with van der Waals surface area (Å²) >= 11 is 3.56. The molecule has 0 aliphatic rings. The minimum atomic E-state index is -0.198. The highest BCUT2D eigenvalue weighted by molar-refractivity contribution is 9.09. The number of alkyl halides is 1. The molecule has 2 heteroatoms. The maximum atomic E-state index is 3.56. The molecular formula is C14H14BrP. The summed E-state index contributed by atoms with van der Waals surface area (Å²) in [6.45, 7) is 0. The van der Waals surface area contributed by atoms with Gasteiger partial charge in [-0.1, -0.05) is 76.6 Å². The zero-order valence-electron chi connectivity index (χ0n) is 9.01. The molecule has 0 aliphatic heterocycles. The van der Waals surface area contributed by atoms with E-state index in [9.17, 15) is 0 Å². The van der Waals surface area contributed by atoms with E-state index in [0.717, 1.165) is 5.33 Å². The van der Waals surface area contributed by atoms with Crippen LogP contribution in [0.1, 0.15) is 0 Å². The summed E-state index contributed by atoms with van der Waals surface area (Å²) in [5.41, 5.74) is 0. The highest BCUT2D eigenvalue weighted by atomic mass is 79.9. The molecule has 2 aromatic rings. The molecular weight excluding hydrogens is 279 g/mol. The summed E-state index contributed by atoms with van der Waals surface area (Å²) in [7, 11) is -0.198. The van der Waals surface area contributed by atoms with Gasteiger partial charge in [0, 0.05) is 5.33 Å². The fraction of sp³-hybridized carbons (Fsp3) is 0.143. The van der Waals surface area contributed by atoms with Gasteiger partial charge in [-0.2, -0.15) is 0 Å². The molecule has 0 heterocycles. The van der Waals surface area contributed by atoms with Crippen LogP contribution >= 0.6 is 23.9 Å². The van der Waals surface area contributed by atoms with E-state index in [0.29, 0.717) is 0 Å². The Balaban J connectivity index is 2.31. The lowest BCUT2D eigenvalue weighted by atomic mass is 10.4. The van der Waals surface area contributed by atoms with Gasteiger partial charge < -0.3 is 0 Å². The number of halogens is 1. The number of benzene rings is 2. The molecule has 0 aliphatic carbocycles. The summed E-state index contributed by atoms with van der Waals surface area (Å²) in [6.07, 6.45) is 1.20. The first-order valence-corrected chi connectivity index (χ1v) is 8.00. The van der Waals surface area contributed by atoms with E-state index in [1.54, 1.807) is 0 Å². The quantitative estimate of drug-likeness (QED) is 0.598. The second-order valence-corrected chi connectivity index (χ2v) is 6.64. The highest BCUT2D eigenvalue weighted by Crippen LogP contribution is 2.33. The van der Waals surface area contributed by atoms with E-state index in [1.807, 2.05) is 0 Å². The summed E-state index contributed by atoms with van der Waals surface area (Å²) in [6, 6.07) is 21.6. The fourth-order valence-corrected chi connectivity index (χ4v) is 4.82. The third-order valence-electron chi connectivity index (χ3n) is 2.44. The molecule has 82 valence electrons. The van der Waals surface area contributed by atoms with Crippen LogP contribution in [0.2, 0.25) is 0 Å². The fourth-order valence-electron chi connectivity index (χ4n) is 1.71. The van der Waals surface area contributed by atoms with Crippen LogP contribution in [0, 0.1) is 0 Å². The molecule has 0 saturated heterocycles. The lowest BCUT2D eigenvalue weighted by Gasteiger charge is -2.17. The molecule has 0 bridgehead atoms. The van der Waals surface area contributed by atoms with E-state index in [2.05, 4.69) is 76.6 Å². The molecule has 2 rings (SSSR count). The molecule has 0 fully saturated rings. The van der Waals surface area contributed by atoms with Crippen LogP contribution in [-0.4, -0.2) is 11.5 Å². The number of hydrogen-bond donors (Lipinski definition) is 0. The topological polar surface area (TPSA) is 0 Å². The van der Waals surface area contributed by atoms with E-state index in [4.69, 9.17) is 0 Å². The molecule has 0 N–H and O–H groups in total. The molecule has 2 aromatic carbocycles. The van der Waals surface area contributed by atoms with E-state index >= 15 is 0 Å². The first-order chi connectivity index (χ1) is 7.92. The van der Waals surface area contributed by atoms with Gasteiger partial charge in [0.15, 0.2) is 0 Å². The largest absolute Gasteiger partial charge is 0.0924 e. The molecule has 0 saturated carbocycles. The van der Waals surface area contributed by atoms with E-state index in [1.165, 1.54) is 16.8 Å². The smallest absolute Gasteiger partial charge is 0.00766 e. The predicted octanol–water partition coefficient (Wildman–Crippen LogP) is 3.51. The summed E-state index contributed by atoms with van der Waals surface area (Å²) in [5.74, 6) is 0. The van der Waals surface area contributed by atoms with Crippen molar-refractivity contribution in [2.24, 2.45) is 0 Å². The SMILES string of the molecule is BrCCP(c1ccccc1)c1ccccc1. The van der Waals surface area contributed by atoms with Crippen LogP contribution in [-0.2, 0) is 0 Å². The van der Waals surface area contributed by atoms with Gasteiger partial charge in [-0.3, -0.25) is 0 Å². The Bertz CT molecular complexity index is 374. The zero-order valence-corrected chi connectivity index (χ0v) is 11.5. The molecule has 0 unspecified atom stereocenters. The minimum absolute atomic E-state index is 0.198. The van der Waals surface area contributed by atoms with E-state index in [-0.39, 0.29) is 7.92 Å². The Kier molecular flexibility index (Phi) is 4.56. The van der Waals surface area contributed by atoms with Gasteiger partial charge in [0.2, 0.25) is 0 Å². The van der Waals surface area contributed by atoms with Gasteiger partial charge in [-0.05, 0) is 24.7 Å². The minimum Gasteiger partial charge on any atom is -0.0924 e. The average molecular weight is 293 g/mol. The maximum Gasteiger partial charge on any atom is 0.00766 e. The monoisotopic (exact) mass is 292 g/mol.